The molecule has 1 saturated heterocycles. The monoisotopic (exact) mass is 333 g/mol. The van der Waals surface area contributed by atoms with Crippen molar-refractivity contribution in [1.29, 1.82) is 0 Å². The minimum Gasteiger partial charge on any atom is -0.621 e. The van der Waals surface area contributed by atoms with Gasteiger partial charge in [0, 0.05) is 38.9 Å². The van der Waals surface area contributed by atoms with Gasteiger partial charge in [-0.3, -0.25) is 9.96 Å². The third-order valence-corrected chi connectivity index (χ3v) is 5.11. The van der Waals surface area contributed by atoms with E-state index in [0.717, 1.165) is 38.9 Å². The molecule has 1 fully saturated rings. The van der Waals surface area contributed by atoms with Gasteiger partial charge < -0.3 is 15.2 Å². The van der Waals surface area contributed by atoms with Crippen molar-refractivity contribution in [1.82, 2.24) is 10.3 Å². The molecule has 0 aromatic heterocycles. The summed E-state index contributed by atoms with van der Waals surface area (Å²) in [5, 5.41) is 24.6. The minimum atomic E-state index is -0.221. The molecule has 1 aliphatic carbocycles. The van der Waals surface area contributed by atoms with Crippen molar-refractivity contribution in [2.45, 2.75) is 25.4 Å². The van der Waals surface area contributed by atoms with Crippen LogP contribution in [0.5, 0.6) is 0 Å². The predicted molar refractivity (Wildman–Crippen MR) is 89.1 cm³/mol. The van der Waals surface area contributed by atoms with E-state index >= 15 is 0 Å². The Kier molecular flexibility index (Phi) is 4.25. The lowest BCUT2D eigenvalue weighted by atomic mass is 10.1. The van der Waals surface area contributed by atoms with Crippen molar-refractivity contribution in [3.8, 4) is 0 Å². The number of ether oxygens (including phenoxy) is 1. The summed E-state index contributed by atoms with van der Waals surface area (Å²) in [5.74, 6) is 0.175. The Hall–Kier alpha value is -1.55. The number of hydrogen-bond donors (Lipinski definition) is 3. The van der Waals surface area contributed by atoms with Gasteiger partial charge in [0.1, 0.15) is 0 Å². The number of benzene rings is 1. The van der Waals surface area contributed by atoms with Gasteiger partial charge in [-0.25, -0.2) is 10.2 Å². The van der Waals surface area contributed by atoms with E-state index in [-0.39, 0.29) is 16.2 Å². The molecule has 2 atom stereocenters. The van der Waals surface area contributed by atoms with Crippen LogP contribution in [0.2, 0.25) is 0 Å². The molecular formula is C16H23N5O3. The molecule has 4 rings (SSSR count). The lowest BCUT2D eigenvalue weighted by Crippen LogP contribution is -3.24. The van der Waals surface area contributed by atoms with Crippen molar-refractivity contribution >= 4 is 17.3 Å². The van der Waals surface area contributed by atoms with E-state index in [4.69, 9.17) is 4.74 Å². The number of hydrogen-bond acceptors (Lipinski definition) is 5. The first-order valence-corrected chi connectivity index (χ1v) is 8.47. The Bertz CT molecular complexity index is 659. The number of aryl methyl sites for hydroxylation is 2. The number of quaternary nitrogens is 2. The van der Waals surface area contributed by atoms with E-state index < -0.39 is 0 Å². The number of guanidine groups is 1. The number of aliphatic imine (C=N–C) groups is 1. The molecule has 0 saturated carbocycles. The lowest BCUT2D eigenvalue weighted by molar-refractivity contribution is -0.851. The van der Waals surface area contributed by atoms with Crippen molar-refractivity contribution in [2.75, 3.05) is 33.3 Å². The van der Waals surface area contributed by atoms with Crippen LogP contribution in [-0.4, -0.2) is 50.3 Å². The molecule has 8 nitrogen and oxygen atoms in total. The van der Waals surface area contributed by atoms with Crippen LogP contribution in [0.15, 0.2) is 17.1 Å². The summed E-state index contributed by atoms with van der Waals surface area (Å²) in [6, 6.07) is 3.78. The van der Waals surface area contributed by atoms with Gasteiger partial charge in [-0.15, -0.1) is 0 Å². The van der Waals surface area contributed by atoms with E-state index in [1.807, 2.05) is 12.1 Å². The van der Waals surface area contributed by atoms with E-state index in [1.165, 1.54) is 11.1 Å². The lowest BCUT2D eigenvalue weighted by Gasteiger charge is -2.38. The number of hydroxylamine groups is 1. The molecule has 24 heavy (non-hydrogen) atoms. The Morgan fingerprint density at radius 3 is 2.67 bits per heavy atom. The SMILES string of the molecule is COC1CN(CCN=C2N[NH+]([O-])c3cc4c(cc3[NH+]2[O-])CCC4)C1. The maximum Gasteiger partial charge on any atom is 0.347 e. The number of methoxy groups -OCH3 is 1. The zero-order valence-corrected chi connectivity index (χ0v) is 13.8. The predicted octanol–water partition coefficient (Wildman–Crippen LogP) is -1.59. The second kappa shape index (κ2) is 6.40. The van der Waals surface area contributed by atoms with E-state index in [9.17, 15) is 10.4 Å². The fourth-order valence-corrected chi connectivity index (χ4v) is 3.63. The van der Waals surface area contributed by atoms with Crippen LogP contribution in [0, 0.1) is 10.4 Å². The highest BCUT2D eigenvalue weighted by molar-refractivity contribution is 5.76. The third-order valence-electron chi connectivity index (χ3n) is 5.11. The first kappa shape index (κ1) is 15.9. The Balaban J connectivity index is 1.45. The molecule has 0 spiro atoms. The van der Waals surface area contributed by atoms with Crippen LogP contribution in [0.3, 0.4) is 0 Å². The van der Waals surface area contributed by atoms with Gasteiger partial charge in [-0.2, -0.15) is 5.43 Å². The molecule has 1 aromatic carbocycles. The number of nitrogens with one attached hydrogen (secondary N) is 3. The summed E-state index contributed by atoms with van der Waals surface area (Å²) in [7, 11) is 1.71. The summed E-state index contributed by atoms with van der Waals surface area (Å²) in [4.78, 5) is 6.55. The van der Waals surface area contributed by atoms with E-state index in [1.54, 1.807) is 7.11 Å². The highest BCUT2D eigenvalue weighted by Gasteiger charge is 2.31. The average molecular weight is 333 g/mol. The Morgan fingerprint density at radius 1 is 1.25 bits per heavy atom. The molecule has 130 valence electrons. The van der Waals surface area contributed by atoms with Crippen molar-refractivity contribution in [3.05, 3.63) is 33.7 Å². The van der Waals surface area contributed by atoms with Crippen molar-refractivity contribution in [3.63, 3.8) is 0 Å². The van der Waals surface area contributed by atoms with Crippen LogP contribution < -0.4 is 15.7 Å². The van der Waals surface area contributed by atoms with Crippen LogP contribution in [0.1, 0.15) is 17.5 Å². The van der Waals surface area contributed by atoms with Gasteiger partial charge in [0.05, 0.1) is 12.6 Å². The summed E-state index contributed by atoms with van der Waals surface area (Å²) in [6.07, 6.45) is 3.37. The number of likely N-dealkylation sites (tertiary alicyclic amines) is 1. The Labute approximate surface area is 140 Å². The average Bonchev–Trinajstić information content (AvgIpc) is 3.00. The third kappa shape index (κ3) is 2.81. The number of nitrogens with zero attached hydrogens (tertiary/aromatic N) is 2. The molecule has 1 aromatic rings. The number of rotatable bonds is 4. The van der Waals surface area contributed by atoms with Crippen molar-refractivity contribution in [2.24, 2.45) is 4.99 Å². The molecule has 3 aliphatic rings. The molecule has 8 heteroatoms. The first-order chi connectivity index (χ1) is 11.7. The van der Waals surface area contributed by atoms with Crippen LogP contribution in [0.25, 0.3) is 0 Å². The van der Waals surface area contributed by atoms with E-state index in [2.05, 4.69) is 15.3 Å². The van der Waals surface area contributed by atoms with Crippen LogP contribution in [0.4, 0.5) is 11.4 Å². The molecule has 0 amide bonds. The molecule has 2 heterocycles. The molecule has 2 unspecified atom stereocenters. The van der Waals surface area contributed by atoms with Gasteiger partial charge in [0.25, 0.3) is 0 Å². The zero-order valence-electron chi connectivity index (χ0n) is 13.8. The fourth-order valence-electron chi connectivity index (χ4n) is 3.63. The molecule has 0 bridgehead atoms. The second-order valence-electron chi connectivity index (χ2n) is 6.65. The van der Waals surface area contributed by atoms with Gasteiger partial charge in [0.2, 0.25) is 11.4 Å². The maximum absolute atomic E-state index is 12.6. The van der Waals surface area contributed by atoms with Crippen molar-refractivity contribution < 1.29 is 15.0 Å². The summed E-state index contributed by atoms with van der Waals surface area (Å²) in [6.45, 7) is 3.06. The zero-order chi connectivity index (χ0) is 16.7. The van der Waals surface area contributed by atoms with Crippen LogP contribution in [-0.2, 0) is 17.6 Å². The molecule has 0 radical (unpaired) electrons. The first-order valence-electron chi connectivity index (χ1n) is 8.47. The van der Waals surface area contributed by atoms with Gasteiger partial charge >= 0.3 is 5.96 Å². The second-order valence-corrected chi connectivity index (χ2v) is 6.65. The summed E-state index contributed by atoms with van der Waals surface area (Å²) in [5.41, 5.74) is 6.05. The number of fused-ring (bicyclic) bond motifs is 2. The Morgan fingerprint density at radius 2 is 1.96 bits per heavy atom. The highest BCUT2D eigenvalue weighted by Crippen LogP contribution is 2.28. The van der Waals surface area contributed by atoms with Gasteiger partial charge in [-0.05, 0) is 30.4 Å². The quantitative estimate of drug-likeness (QED) is 0.578. The minimum absolute atomic E-state index is 0.169. The topological polar surface area (TPSA) is 91.9 Å². The van der Waals surface area contributed by atoms with Gasteiger partial charge in [-0.1, -0.05) is 0 Å². The van der Waals surface area contributed by atoms with E-state index in [0.29, 0.717) is 24.0 Å². The highest BCUT2D eigenvalue weighted by atomic mass is 16.6. The van der Waals surface area contributed by atoms with Gasteiger partial charge in [0.15, 0.2) is 0 Å². The fraction of sp³-hybridized carbons (Fsp3) is 0.562. The molecular weight excluding hydrogens is 310 g/mol. The van der Waals surface area contributed by atoms with Crippen LogP contribution >= 0.6 is 0 Å². The molecule has 2 aliphatic heterocycles. The standard InChI is InChI=1S/C16H23N5O3/c1-24-13-9-19(10-13)6-5-17-16-18-21(23)15-8-12-4-2-3-11(12)7-14(15)20(16)22/h7-8,13,20-21H,2-6,9-10H2,1H3,(H,17,18). The summed E-state index contributed by atoms with van der Waals surface area (Å²) < 4.78 is 5.23. The molecule has 3 N–H and O–H groups in total. The normalized spacial score (nSPS) is 28.4. The maximum atomic E-state index is 12.6. The largest absolute Gasteiger partial charge is 0.621 e. The summed E-state index contributed by atoms with van der Waals surface area (Å²) >= 11 is 0. The smallest absolute Gasteiger partial charge is 0.347 e.